The Balaban J connectivity index is 0.000000211. The summed E-state index contributed by atoms with van der Waals surface area (Å²) in [5.74, 6) is 0. The lowest BCUT2D eigenvalue weighted by Crippen LogP contribution is -2.01. The Hall–Kier alpha value is -0.500. The van der Waals surface area contributed by atoms with E-state index in [4.69, 9.17) is 4.55 Å². The number of hydrogen-bond acceptors (Lipinski definition) is 5. The summed E-state index contributed by atoms with van der Waals surface area (Å²) in [6.45, 7) is 1.44. The van der Waals surface area contributed by atoms with Crippen LogP contribution >= 0.6 is 11.3 Å². The van der Waals surface area contributed by atoms with Crippen molar-refractivity contribution in [2.75, 3.05) is 6.61 Å². The van der Waals surface area contributed by atoms with Crippen LogP contribution in [0.3, 0.4) is 0 Å². The van der Waals surface area contributed by atoms with E-state index in [-0.39, 0.29) is 6.61 Å². The average Bonchev–Trinajstić information content (AvgIpc) is 2.38. The minimum absolute atomic E-state index is 0.0289. The van der Waals surface area contributed by atoms with Crippen LogP contribution < -0.4 is 0 Å². The van der Waals surface area contributed by atoms with Gasteiger partial charge in [0.1, 0.15) is 0 Å². The van der Waals surface area contributed by atoms with E-state index in [0.29, 0.717) is 0 Å². The Kier molecular flexibility index (Phi) is 5.81. The third kappa shape index (κ3) is 9.50. The summed E-state index contributed by atoms with van der Waals surface area (Å²) < 4.78 is 30.7. The minimum Gasteiger partial charge on any atom is -0.264 e. The highest BCUT2D eigenvalue weighted by Gasteiger charge is 1.98. The van der Waals surface area contributed by atoms with Gasteiger partial charge in [0.2, 0.25) is 0 Å². The summed E-state index contributed by atoms with van der Waals surface area (Å²) in [5, 5.41) is 1.93. The zero-order valence-corrected chi connectivity index (χ0v) is 8.01. The fourth-order valence-electron chi connectivity index (χ4n) is 0.325. The fourth-order valence-corrected chi connectivity index (χ4v) is 0.974. The first-order valence-corrected chi connectivity index (χ1v) is 5.31. The third-order valence-electron chi connectivity index (χ3n) is 0.614. The van der Waals surface area contributed by atoms with Crippen LogP contribution in [-0.2, 0) is 14.6 Å². The lowest BCUT2D eigenvalue weighted by Gasteiger charge is -1.88. The molecule has 0 radical (unpaired) electrons. The second-order valence-corrected chi connectivity index (χ2v) is 3.36. The first kappa shape index (κ1) is 11.5. The van der Waals surface area contributed by atoms with Gasteiger partial charge < -0.3 is 0 Å². The molecule has 0 bridgehead atoms. The van der Waals surface area contributed by atoms with Crippen LogP contribution in [0.15, 0.2) is 17.1 Å². The third-order valence-corrected chi connectivity index (χ3v) is 1.67. The first-order valence-electron chi connectivity index (χ1n) is 3.00. The SMILES string of the molecule is CCOS(=O)(=O)O.c1cscn1. The highest BCUT2D eigenvalue weighted by Crippen LogP contribution is 1.85. The second-order valence-electron chi connectivity index (χ2n) is 1.51. The zero-order chi connectivity index (χ0) is 9.45. The Morgan fingerprint density at radius 2 is 2.33 bits per heavy atom. The number of thiazole rings is 1. The van der Waals surface area contributed by atoms with E-state index < -0.39 is 10.4 Å². The Labute approximate surface area is 75.0 Å². The molecule has 0 unspecified atom stereocenters. The van der Waals surface area contributed by atoms with Gasteiger partial charge in [-0.05, 0) is 6.92 Å². The van der Waals surface area contributed by atoms with Crippen LogP contribution in [0.4, 0.5) is 0 Å². The maximum Gasteiger partial charge on any atom is 0.397 e. The van der Waals surface area contributed by atoms with Gasteiger partial charge in [-0.2, -0.15) is 8.42 Å². The molecule has 1 N–H and O–H groups in total. The molecule has 0 amide bonds. The highest BCUT2D eigenvalue weighted by molar-refractivity contribution is 7.80. The van der Waals surface area contributed by atoms with E-state index in [1.807, 2.05) is 5.38 Å². The van der Waals surface area contributed by atoms with Gasteiger partial charge in [0.15, 0.2) is 0 Å². The lowest BCUT2D eigenvalue weighted by molar-refractivity contribution is 0.283. The zero-order valence-electron chi connectivity index (χ0n) is 6.37. The minimum atomic E-state index is -4.17. The van der Waals surface area contributed by atoms with Gasteiger partial charge in [0.25, 0.3) is 0 Å². The van der Waals surface area contributed by atoms with Crippen LogP contribution in [0.25, 0.3) is 0 Å². The molecule has 1 aromatic heterocycles. The molecule has 0 saturated heterocycles. The molecule has 1 heterocycles. The van der Waals surface area contributed by atoms with Gasteiger partial charge in [0.05, 0.1) is 12.1 Å². The predicted molar refractivity (Wildman–Crippen MR) is 45.3 cm³/mol. The molecule has 1 aromatic rings. The maximum atomic E-state index is 9.56. The fraction of sp³-hybridized carbons (Fsp3) is 0.400. The van der Waals surface area contributed by atoms with Crippen LogP contribution in [0, 0.1) is 0 Å². The van der Waals surface area contributed by atoms with Crippen molar-refractivity contribution in [2.24, 2.45) is 0 Å². The van der Waals surface area contributed by atoms with E-state index in [1.54, 1.807) is 23.0 Å². The molecule has 5 nitrogen and oxygen atoms in total. The topological polar surface area (TPSA) is 76.5 Å². The van der Waals surface area contributed by atoms with Gasteiger partial charge in [-0.1, -0.05) is 0 Å². The summed E-state index contributed by atoms with van der Waals surface area (Å²) in [4.78, 5) is 3.74. The molecule has 0 saturated carbocycles. The summed E-state index contributed by atoms with van der Waals surface area (Å²) >= 11 is 1.60. The van der Waals surface area contributed by atoms with Crippen LogP contribution in [0.5, 0.6) is 0 Å². The van der Waals surface area contributed by atoms with Crippen LogP contribution in [-0.4, -0.2) is 24.6 Å². The first-order chi connectivity index (χ1) is 5.56. The molecule has 0 aliphatic carbocycles. The standard InChI is InChI=1S/C3H3NS.C2H6O4S/c1-2-5-3-4-1;1-2-6-7(3,4)5/h1-3H;2H2,1H3,(H,3,4,5). The van der Waals surface area contributed by atoms with E-state index in [0.717, 1.165) is 0 Å². The average molecular weight is 211 g/mol. The maximum absolute atomic E-state index is 9.56. The largest absolute Gasteiger partial charge is 0.397 e. The molecule has 1 rings (SSSR count). The molecule has 70 valence electrons. The Bertz CT molecular complexity index is 250. The van der Waals surface area contributed by atoms with Gasteiger partial charge in [-0.25, -0.2) is 4.18 Å². The monoisotopic (exact) mass is 211 g/mol. The Morgan fingerprint density at radius 1 is 1.67 bits per heavy atom. The number of aromatic nitrogens is 1. The smallest absolute Gasteiger partial charge is 0.264 e. The molecule has 7 heteroatoms. The van der Waals surface area contributed by atoms with Crippen LogP contribution in [0.1, 0.15) is 6.92 Å². The lowest BCUT2D eigenvalue weighted by atomic mass is 10.9. The number of nitrogens with zero attached hydrogens (tertiary/aromatic N) is 1. The van der Waals surface area contributed by atoms with Gasteiger partial charge >= 0.3 is 10.4 Å². The van der Waals surface area contributed by atoms with Gasteiger partial charge in [-0.15, -0.1) is 11.3 Å². The van der Waals surface area contributed by atoms with Crippen molar-refractivity contribution in [3.63, 3.8) is 0 Å². The summed E-state index contributed by atoms with van der Waals surface area (Å²) in [6, 6.07) is 0. The van der Waals surface area contributed by atoms with E-state index in [1.165, 1.54) is 6.92 Å². The molecular formula is C5H9NO4S2. The molecule has 0 aromatic carbocycles. The van der Waals surface area contributed by atoms with E-state index in [2.05, 4.69) is 9.17 Å². The number of hydrogen-bond donors (Lipinski definition) is 1. The molecule has 0 aliphatic heterocycles. The van der Waals surface area contributed by atoms with Gasteiger partial charge in [-0.3, -0.25) is 9.54 Å². The normalized spacial score (nSPS) is 10.2. The summed E-state index contributed by atoms with van der Waals surface area (Å²) in [7, 11) is -4.17. The molecule has 0 aliphatic rings. The number of rotatable bonds is 2. The van der Waals surface area contributed by atoms with E-state index in [9.17, 15) is 8.42 Å². The van der Waals surface area contributed by atoms with Crippen LogP contribution in [0.2, 0.25) is 0 Å². The van der Waals surface area contributed by atoms with Crippen molar-refractivity contribution in [1.82, 2.24) is 4.98 Å². The Morgan fingerprint density at radius 3 is 2.42 bits per heavy atom. The summed E-state index contributed by atoms with van der Waals surface area (Å²) in [5.41, 5.74) is 1.79. The van der Waals surface area contributed by atoms with Crippen molar-refractivity contribution in [1.29, 1.82) is 0 Å². The highest BCUT2D eigenvalue weighted by atomic mass is 32.3. The molecule has 0 spiro atoms. The second kappa shape index (κ2) is 6.06. The van der Waals surface area contributed by atoms with Crippen molar-refractivity contribution in [2.45, 2.75) is 6.92 Å². The van der Waals surface area contributed by atoms with Crippen molar-refractivity contribution in [3.05, 3.63) is 17.1 Å². The summed E-state index contributed by atoms with van der Waals surface area (Å²) in [6.07, 6.45) is 1.77. The molecule has 0 atom stereocenters. The molecule has 0 fully saturated rings. The molecule has 12 heavy (non-hydrogen) atoms. The quantitative estimate of drug-likeness (QED) is 0.737. The van der Waals surface area contributed by atoms with Crippen molar-refractivity contribution >= 4 is 21.7 Å². The predicted octanol–water partition coefficient (Wildman–Crippen LogP) is 0.969. The van der Waals surface area contributed by atoms with E-state index >= 15 is 0 Å². The van der Waals surface area contributed by atoms with Crippen molar-refractivity contribution < 1.29 is 17.2 Å². The molecular weight excluding hydrogens is 202 g/mol. The van der Waals surface area contributed by atoms with Gasteiger partial charge in [0, 0.05) is 11.6 Å². The van der Waals surface area contributed by atoms with Crippen molar-refractivity contribution in [3.8, 4) is 0 Å².